The Kier molecular flexibility index (Phi) is 1.73. The molecule has 1 aliphatic rings. The molecule has 0 bridgehead atoms. The number of ether oxygens (including phenoxy) is 1. The van der Waals surface area contributed by atoms with E-state index in [1.165, 1.54) is 12.1 Å². The quantitative estimate of drug-likeness (QED) is 0.627. The van der Waals surface area contributed by atoms with Crippen LogP contribution >= 0.6 is 0 Å². The molecule has 1 aromatic rings. The van der Waals surface area contributed by atoms with E-state index >= 15 is 0 Å². The number of hydrogen-bond donors (Lipinski definition) is 1. The van der Waals surface area contributed by atoms with Crippen molar-refractivity contribution < 1.29 is 9.13 Å². The molecule has 3 heteroatoms. The summed E-state index contributed by atoms with van der Waals surface area (Å²) in [7, 11) is 0. The van der Waals surface area contributed by atoms with Crippen LogP contribution in [-0.4, -0.2) is 12.6 Å². The number of hydrogen-bond acceptors (Lipinski definition) is 2. The average molecular weight is 167 g/mol. The molecular weight excluding hydrogens is 157 g/mol. The van der Waals surface area contributed by atoms with Crippen LogP contribution in [0.3, 0.4) is 0 Å². The van der Waals surface area contributed by atoms with Gasteiger partial charge in [0, 0.05) is 12.1 Å². The van der Waals surface area contributed by atoms with Crippen molar-refractivity contribution in [3.63, 3.8) is 0 Å². The van der Waals surface area contributed by atoms with Crippen LogP contribution in [0.25, 0.3) is 0 Å². The molecule has 64 valence electrons. The molecule has 0 aliphatic carbocycles. The molecule has 0 aromatic heterocycles. The van der Waals surface area contributed by atoms with E-state index in [-0.39, 0.29) is 11.9 Å². The van der Waals surface area contributed by atoms with Gasteiger partial charge in [0.1, 0.15) is 18.2 Å². The van der Waals surface area contributed by atoms with Gasteiger partial charge in [0.25, 0.3) is 0 Å². The molecule has 2 nitrogen and oxygen atoms in total. The lowest BCUT2D eigenvalue weighted by atomic mass is 10.0. The van der Waals surface area contributed by atoms with Gasteiger partial charge in [-0.05, 0) is 18.1 Å². The first-order valence-corrected chi connectivity index (χ1v) is 3.92. The van der Waals surface area contributed by atoms with Gasteiger partial charge in [0.15, 0.2) is 0 Å². The minimum Gasteiger partial charge on any atom is -0.492 e. The monoisotopic (exact) mass is 167 g/mol. The van der Waals surface area contributed by atoms with Gasteiger partial charge in [-0.3, -0.25) is 0 Å². The Morgan fingerprint density at radius 2 is 2.33 bits per heavy atom. The summed E-state index contributed by atoms with van der Waals surface area (Å²) in [6, 6.07) is 4.61. The van der Waals surface area contributed by atoms with Crippen molar-refractivity contribution in [1.82, 2.24) is 0 Å². The van der Waals surface area contributed by atoms with E-state index in [0.717, 1.165) is 12.0 Å². The summed E-state index contributed by atoms with van der Waals surface area (Å²) >= 11 is 0. The van der Waals surface area contributed by atoms with Crippen molar-refractivity contribution in [3.05, 3.63) is 29.6 Å². The van der Waals surface area contributed by atoms with Crippen LogP contribution < -0.4 is 10.5 Å². The predicted octanol–water partition coefficient (Wildman–Crippen LogP) is 1.09. The van der Waals surface area contributed by atoms with Crippen molar-refractivity contribution in [2.45, 2.75) is 12.5 Å². The van der Waals surface area contributed by atoms with Crippen LogP contribution in [0, 0.1) is 5.82 Å². The van der Waals surface area contributed by atoms with Gasteiger partial charge < -0.3 is 10.5 Å². The van der Waals surface area contributed by atoms with Crippen LogP contribution in [0.2, 0.25) is 0 Å². The lowest BCUT2D eigenvalue weighted by Gasteiger charge is -2.21. The zero-order valence-corrected chi connectivity index (χ0v) is 6.59. The molecule has 1 heterocycles. The van der Waals surface area contributed by atoms with Gasteiger partial charge in [0.2, 0.25) is 0 Å². The van der Waals surface area contributed by atoms with Crippen molar-refractivity contribution >= 4 is 0 Å². The molecule has 1 aliphatic heterocycles. The van der Waals surface area contributed by atoms with Crippen molar-refractivity contribution in [2.75, 3.05) is 6.61 Å². The molecule has 2 N–H and O–H groups in total. The summed E-state index contributed by atoms with van der Waals surface area (Å²) < 4.78 is 17.9. The second-order valence-corrected chi connectivity index (χ2v) is 3.03. The highest BCUT2D eigenvalue weighted by molar-refractivity contribution is 5.36. The van der Waals surface area contributed by atoms with E-state index in [1.807, 2.05) is 0 Å². The molecule has 0 unspecified atom stereocenters. The Morgan fingerprint density at radius 3 is 3.17 bits per heavy atom. The van der Waals surface area contributed by atoms with E-state index in [0.29, 0.717) is 12.4 Å². The summed E-state index contributed by atoms with van der Waals surface area (Å²) in [6.07, 6.45) is 0.773. The molecule has 1 atom stereocenters. The van der Waals surface area contributed by atoms with Gasteiger partial charge in [-0.15, -0.1) is 0 Å². The molecule has 0 saturated heterocycles. The van der Waals surface area contributed by atoms with E-state index in [2.05, 4.69) is 0 Å². The maximum absolute atomic E-state index is 12.7. The van der Waals surface area contributed by atoms with Crippen molar-refractivity contribution in [3.8, 4) is 5.75 Å². The van der Waals surface area contributed by atoms with Crippen LogP contribution in [0.1, 0.15) is 5.56 Å². The van der Waals surface area contributed by atoms with Crippen molar-refractivity contribution in [1.29, 1.82) is 0 Å². The lowest BCUT2D eigenvalue weighted by molar-refractivity contribution is 0.262. The van der Waals surface area contributed by atoms with Crippen molar-refractivity contribution in [2.24, 2.45) is 5.73 Å². The largest absolute Gasteiger partial charge is 0.492 e. The van der Waals surface area contributed by atoms with Gasteiger partial charge in [-0.2, -0.15) is 0 Å². The summed E-state index contributed by atoms with van der Waals surface area (Å²) in [5, 5.41) is 0. The van der Waals surface area contributed by atoms with E-state index in [9.17, 15) is 4.39 Å². The standard InChI is InChI=1S/C9H10FNO/c10-7-2-1-6-3-8(11)5-12-9(6)4-7/h1-2,4,8H,3,5,11H2/t8-/m0/s1. The highest BCUT2D eigenvalue weighted by Crippen LogP contribution is 2.24. The first kappa shape index (κ1) is 7.55. The third kappa shape index (κ3) is 1.28. The first-order chi connectivity index (χ1) is 5.75. The molecule has 12 heavy (non-hydrogen) atoms. The van der Waals surface area contributed by atoms with E-state index < -0.39 is 0 Å². The highest BCUT2D eigenvalue weighted by Gasteiger charge is 2.16. The first-order valence-electron chi connectivity index (χ1n) is 3.92. The average Bonchev–Trinajstić information content (AvgIpc) is 2.05. The molecule has 0 radical (unpaired) electrons. The lowest BCUT2D eigenvalue weighted by Crippen LogP contribution is -2.33. The fourth-order valence-corrected chi connectivity index (χ4v) is 1.37. The fraction of sp³-hybridized carbons (Fsp3) is 0.333. The molecule has 0 amide bonds. The second-order valence-electron chi connectivity index (χ2n) is 3.03. The highest BCUT2D eigenvalue weighted by atomic mass is 19.1. The maximum atomic E-state index is 12.7. The molecule has 0 fully saturated rings. The second kappa shape index (κ2) is 2.75. The van der Waals surface area contributed by atoms with Gasteiger partial charge in [-0.1, -0.05) is 6.07 Å². The minimum absolute atomic E-state index is 0.0444. The maximum Gasteiger partial charge on any atom is 0.126 e. The van der Waals surface area contributed by atoms with E-state index in [1.54, 1.807) is 6.07 Å². The SMILES string of the molecule is N[C@@H]1COc2cc(F)ccc2C1. The summed E-state index contributed by atoms with van der Waals surface area (Å²) in [5.74, 6) is 0.376. The number of benzene rings is 1. The van der Waals surface area contributed by atoms with Crippen LogP contribution in [0.15, 0.2) is 18.2 Å². The Bertz CT molecular complexity index is 301. The molecule has 1 aromatic carbocycles. The summed E-state index contributed by atoms with van der Waals surface area (Å²) in [6.45, 7) is 0.483. The Hall–Kier alpha value is -1.09. The Labute approximate surface area is 70.1 Å². The van der Waals surface area contributed by atoms with Crippen LogP contribution in [-0.2, 0) is 6.42 Å². The minimum atomic E-state index is -0.260. The molecule has 0 spiro atoms. The Balaban J connectivity index is 2.37. The third-order valence-corrected chi connectivity index (χ3v) is 1.96. The molecular formula is C9H10FNO. The smallest absolute Gasteiger partial charge is 0.126 e. The number of rotatable bonds is 0. The van der Waals surface area contributed by atoms with Gasteiger partial charge in [-0.25, -0.2) is 4.39 Å². The normalized spacial score (nSPS) is 21.3. The summed E-state index contributed by atoms with van der Waals surface area (Å²) in [4.78, 5) is 0. The fourth-order valence-electron chi connectivity index (χ4n) is 1.37. The number of nitrogens with two attached hydrogens (primary N) is 1. The zero-order valence-electron chi connectivity index (χ0n) is 6.59. The Morgan fingerprint density at radius 1 is 1.50 bits per heavy atom. The third-order valence-electron chi connectivity index (χ3n) is 1.96. The zero-order chi connectivity index (χ0) is 8.55. The molecule has 0 saturated carbocycles. The number of halogens is 1. The number of fused-ring (bicyclic) bond motifs is 1. The van der Waals surface area contributed by atoms with Gasteiger partial charge >= 0.3 is 0 Å². The van der Waals surface area contributed by atoms with E-state index in [4.69, 9.17) is 10.5 Å². The van der Waals surface area contributed by atoms with Gasteiger partial charge in [0.05, 0.1) is 0 Å². The molecule has 2 rings (SSSR count). The van der Waals surface area contributed by atoms with Crippen LogP contribution in [0.4, 0.5) is 4.39 Å². The van der Waals surface area contributed by atoms with Crippen LogP contribution in [0.5, 0.6) is 5.75 Å². The predicted molar refractivity (Wildman–Crippen MR) is 43.6 cm³/mol. The summed E-state index contributed by atoms with van der Waals surface area (Å²) in [5.41, 5.74) is 6.66. The topological polar surface area (TPSA) is 35.2 Å².